The molecule has 2 rings (SSSR count). The number of nitrogens with two attached hydrogens (primary N) is 1. The van der Waals surface area contributed by atoms with Crippen molar-refractivity contribution in [3.05, 3.63) is 22.7 Å². The lowest BCUT2D eigenvalue weighted by Gasteiger charge is -2.22. The number of hydrogen-bond donors (Lipinski definition) is 2. The van der Waals surface area contributed by atoms with Gasteiger partial charge in [-0.1, -0.05) is 11.6 Å². The Bertz CT molecular complexity index is 496. The van der Waals surface area contributed by atoms with E-state index in [1.165, 1.54) is 0 Å². The van der Waals surface area contributed by atoms with Crippen molar-refractivity contribution in [3.8, 4) is 11.5 Å². The zero-order valence-corrected chi connectivity index (χ0v) is 11.9. The molecule has 1 aromatic rings. The molecule has 6 nitrogen and oxygen atoms in total. The second-order valence-corrected chi connectivity index (χ2v) is 4.72. The number of primary amides is 1. The van der Waals surface area contributed by atoms with Crippen molar-refractivity contribution in [2.45, 2.75) is 6.04 Å². The second-order valence-electron chi connectivity index (χ2n) is 4.31. The van der Waals surface area contributed by atoms with Crippen LogP contribution in [0.3, 0.4) is 0 Å². The van der Waals surface area contributed by atoms with Crippen LogP contribution in [0.2, 0.25) is 5.02 Å². The van der Waals surface area contributed by atoms with Crippen molar-refractivity contribution in [1.29, 1.82) is 0 Å². The van der Waals surface area contributed by atoms with Crippen molar-refractivity contribution >= 4 is 17.5 Å². The number of carbonyl (C=O) groups is 1. The summed E-state index contributed by atoms with van der Waals surface area (Å²) >= 11 is 6.15. The lowest BCUT2D eigenvalue weighted by atomic mass is 10.1. The van der Waals surface area contributed by atoms with E-state index in [1.807, 2.05) is 0 Å². The number of methoxy groups -OCH3 is 1. The Morgan fingerprint density at radius 3 is 2.95 bits per heavy atom. The van der Waals surface area contributed by atoms with Gasteiger partial charge < -0.3 is 19.9 Å². The summed E-state index contributed by atoms with van der Waals surface area (Å²) in [6.07, 6.45) is 0. The molecule has 1 aliphatic heterocycles. The number of nitrogens with one attached hydrogen (secondary N) is 1. The van der Waals surface area contributed by atoms with Crippen LogP contribution >= 0.6 is 11.6 Å². The Morgan fingerprint density at radius 2 is 2.25 bits per heavy atom. The third kappa shape index (κ3) is 3.33. The van der Waals surface area contributed by atoms with Gasteiger partial charge >= 0.3 is 0 Å². The van der Waals surface area contributed by atoms with E-state index in [1.54, 1.807) is 19.2 Å². The minimum atomic E-state index is -0.654. The molecule has 1 atom stereocenters. The van der Waals surface area contributed by atoms with Crippen LogP contribution in [-0.4, -0.2) is 39.4 Å². The molecule has 1 aromatic carbocycles. The number of fused-ring (bicyclic) bond motifs is 1. The monoisotopic (exact) mass is 300 g/mol. The minimum absolute atomic E-state index is 0.400. The Kier molecular flexibility index (Phi) is 5.05. The number of benzene rings is 1. The molecule has 0 aliphatic carbocycles. The fourth-order valence-electron chi connectivity index (χ4n) is 1.99. The summed E-state index contributed by atoms with van der Waals surface area (Å²) in [5.74, 6) is 0.536. The number of rotatable bonds is 6. The zero-order chi connectivity index (χ0) is 14.5. The van der Waals surface area contributed by atoms with E-state index in [9.17, 15) is 4.79 Å². The van der Waals surface area contributed by atoms with Gasteiger partial charge in [-0.15, -0.1) is 0 Å². The van der Waals surface area contributed by atoms with Gasteiger partial charge in [-0.2, -0.15) is 0 Å². The lowest BCUT2D eigenvalue weighted by molar-refractivity contribution is -0.120. The average molecular weight is 301 g/mol. The van der Waals surface area contributed by atoms with E-state index in [4.69, 9.17) is 31.5 Å². The predicted molar refractivity (Wildman–Crippen MR) is 74.3 cm³/mol. The summed E-state index contributed by atoms with van der Waals surface area (Å²) in [5.41, 5.74) is 6.06. The molecular formula is C13H17ClN2O4. The molecule has 1 amide bonds. The van der Waals surface area contributed by atoms with Gasteiger partial charge in [0.25, 0.3) is 0 Å². The number of carbonyl (C=O) groups excluding carboxylic acids is 1. The molecule has 0 radical (unpaired) electrons. The van der Waals surface area contributed by atoms with Crippen LogP contribution in [0.25, 0.3) is 0 Å². The van der Waals surface area contributed by atoms with Gasteiger partial charge in [0.2, 0.25) is 5.91 Å². The predicted octanol–water partition coefficient (Wildman–Crippen LogP) is 0.874. The minimum Gasteiger partial charge on any atom is -0.486 e. The molecule has 0 saturated heterocycles. The maximum Gasteiger partial charge on any atom is 0.239 e. The summed E-state index contributed by atoms with van der Waals surface area (Å²) in [6.45, 7) is 1.88. The molecule has 0 aromatic heterocycles. The van der Waals surface area contributed by atoms with Crippen molar-refractivity contribution in [1.82, 2.24) is 5.32 Å². The second kappa shape index (κ2) is 6.78. The molecule has 20 heavy (non-hydrogen) atoms. The van der Waals surface area contributed by atoms with Gasteiger partial charge in [-0.25, -0.2) is 0 Å². The first-order valence-electron chi connectivity index (χ1n) is 6.24. The first kappa shape index (κ1) is 14.9. The highest BCUT2D eigenvalue weighted by molar-refractivity contribution is 6.32. The maximum absolute atomic E-state index is 11.6. The summed E-state index contributed by atoms with van der Waals surface area (Å²) < 4.78 is 15.9. The molecule has 1 heterocycles. The smallest absolute Gasteiger partial charge is 0.239 e. The van der Waals surface area contributed by atoms with Gasteiger partial charge in [-0.05, 0) is 17.7 Å². The van der Waals surface area contributed by atoms with Crippen LogP contribution in [-0.2, 0) is 9.53 Å². The molecule has 7 heteroatoms. The molecule has 110 valence electrons. The van der Waals surface area contributed by atoms with E-state index in [2.05, 4.69) is 5.32 Å². The number of halogens is 1. The van der Waals surface area contributed by atoms with Crippen molar-refractivity contribution in [3.63, 3.8) is 0 Å². The third-order valence-electron chi connectivity index (χ3n) is 2.89. The third-order valence-corrected chi connectivity index (χ3v) is 3.17. The molecule has 0 bridgehead atoms. The summed E-state index contributed by atoms with van der Waals surface area (Å²) in [7, 11) is 1.59. The zero-order valence-electron chi connectivity index (χ0n) is 11.1. The van der Waals surface area contributed by atoms with Crippen LogP contribution in [0, 0.1) is 0 Å². The molecule has 0 fully saturated rings. The van der Waals surface area contributed by atoms with Gasteiger partial charge in [-0.3, -0.25) is 10.1 Å². The van der Waals surface area contributed by atoms with Gasteiger partial charge in [0.1, 0.15) is 19.3 Å². The van der Waals surface area contributed by atoms with E-state index in [-0.39, 0.29) is 0 Å². The normalized spacial score (nSPS) is 14.9. The van der Waals surface area contributed by atoms with E-state index < -0.39 is 11.9 Å². The SMILES string of the molecule is COCCNC(C(N)=O)c1cc(Cl)c2c(c1)OCCO2. The topological polar surface area (TPSA) is 82.8 Å². The van der Waals surface area contributed by atoms with Gasteiger partial charge in [0, 0.05) is 13.7 Å². The highest BCUT2D eigenvalue weighted by Gasteiger charge is 2.23. The fourth-order valence-corrected chi connectivity index (χ4v) is 2.26. The molecular weight excluding hydrogens is 284 g/mol. The van der Waals surface area contributed by atoms with E-state index in [0.29, 0.717) is 48.5 Å². The molecule has 0 saturated carbocycles. The molecule has 1 unspecified atom stereocenters. The van der Waals surface area contributed by atoms with Crippen LogP contribution < -0.4 is 20.5 Å². The molecule has 0 spiro atoms. The standard InChI is InChI=1S/C13H17ClN2O4/c1-18-3-2-16-11(13(15)17)8-6-9(14)12-10(7-8)19-4-5-20-12/h6-7,11,16H,2-5H2,1H3,(H2,15,17). The highest BCUT2D eigenvalue weighted by atomic mass is 35.5. The largest absolute Gasteiger partial charge is 0.486 e. The van der Waals surface area contributed by atoms with E-state index >= 15 is 0 Å². The molecule has 1 aliphatic rings. The van der Waals surface area contributed by atoms with Crippen molar-refractivity contribution in [2.75, 3.05) is 33.5 Å². The maximum atomic E-state index is 11.6. The Morgan fingerprint density at radius 1 is 1.50 bits per heavy atom. The van der Waals surface area contributed by atoms with Gasteiger partial charge in [0.15, 0.2) is 11.5 Å². The Balaban J connectivity index is 2.24. The number of hydrogen-bond acceptors (Lipinski definition) is 5. The van der Waals surface area contributed by atoms with Crippen LogP contribution in [0.15, 0.2) is 12.1 Å². The first-order valence-corrected chi connectivity index (χ1v) is 6.62. The summed E-state index contributed by atoms with van der Waals surface area (Å²) in [6, 6.07) is 2.72. The first-order chi connectivity index (χ1) is 9.63. The van der Waals surface area contributed by atoms with Crippen LogP contribution in [0.4, 0.5) is 0 Å². The fraction of sp³-hybridized carbons (Fsp3) is 0.462. The van der Waals surface area contributed by atoms with Gasteiger partial charge in [0.05, 0.1) is 11.6 Å². The molecule has 3 N–H and O–H groups in total. The van der Waals surface area contributed by atoms with E-state index in [0.717, 1.165) is 0 Å². The van der Waals surface area contributed by atoms with Crippen LogP contribution in [0.5, 0.6) is 11.5 Å². The van der Waals surface area contributed by atoms with Crippen molar-refractivity contribution < 1.29 is 19.0 Å². The lowest BCUT2D eigenvalue weighted by Crippen LogP contribution is -2.35. The quantitative estimate of drug-likeness (QED) is 0.762. The number of amides is 1. The number of ether oxygens (including phenoxy) is 3. The summed E-state index contributed by atoms with van der Waals surface area (Å²) in [5, 5.41) is 3.42. The highest BCUT2D eigenvalue weighted by Crippen LogP contribution is 2.39. The average Bonchev–Trinajstić information content (AvgIpc) is 2.43. The van der Waals surface area contributed by atoms with Crippen LogP contribution in [0.1, 0.15) is 11.6 Å². The Labute approximate surface area is 122 Å². The Hall–Kier alpha value is -1.50. The van der Waals surface area contributed by atoms with Crippen molar-refractivity contribution in [2.24, 2.45) is 5.73 Å². The summed E-state index contributed by atoms with van der Waals surface area (Å²) in [4.78, 5) is 11.6.